The van der Waals surface area contributed by atoms with Gasteiger partial charge >= 0.3 is 0 Å². The lowest BCUT2D eigenvalue weighted by atomic mass is 9.84. The van der Waals surface area contributed by atoms with Crippen LogP contribution in [-0.2, 0) is 11.2 Å². The molecule has 27 heavy (non-hydrogen) atoms. The summed E-state index contributed by atoms with van der Waals surface area (Å²) in [5.41, 5.74) is 3.46. The van der Waals surface area contributed by atoms with Gasteiger partial charge in [0.15, 0.2) is 5.78 Å². The predicted molar refractivity (Wildman–Crippen MR) is 108 cm³/mol. The SMILES string of the molecule is O=C(C=CCCc1ccccc1)CC1c2ccccc2Oc2ccccc21. The normalized spacial score (nSPS) is 13.0. The number of allylic oxidation sites excluding steroid dienone is 2. The van der Waals surface area contributed by atoms with Crippen LogP contribution in [0.2, 0.25) is 0 Å². The highest BCUT2D eigenvalue weighted by molar-refractivity contribution is 5.90. The van der Waals surface area contributed by atoms with Crippen molar-refractivity contribution in [1.29, 1.82) is 0 Å². The molecular weight excluding hydrogens is 332 g/mol. The van der Waals surface area contributed by atoms with Crippen LogP contribution in [0.5, 0.6) is 11.5 Å². The van der Waals surface area contributed by atoms with Crippen molar-refractivity contribution in [1.82, 2.24) is 0 Å². The van der Waals surface area contributed by atoms with Gasteiger partial charge in [-0.3, -0.25) is 4.79 Å². The first-order chi connectivity index (χ1) is 13.3. The minimum atomic E-state index is 0.0393. The van der Waals surface area contributed by atoms with Crippen molar-refractivity contribution in [2.45, 2.75) is 25.2 Å². The Kier molecular flexibility index (Phi) is 5.15. The maximum atomic E-state index is 12.6. The van der Waals surface area contributed by atoms with Gasteiger partial charge in [-0.25, -0.2) is 0 Å². The molecule has 0 N–H and O–H groups in total. The van der Waals surface area contributed by atoms with Crippen molar-refractivity contribution in [2.75, 3.05) is 0 Å². The highest BCUT2D eigenvalue weighted by Gasteiger charge is 2.27. The summed E-state index contributed by atoms with van der Waals surface area (Å²) >= 11 is 0. The molecule has 4 rings (SSSR count). The van der Waals surface area contributed by atoms with Crippen LogP contribution in [0.4, 0.5) is 0 Å². The summed E-state index contributed by atoms with van der Waals surface area (Å²) in [7, 11) is 0. The second kappa shape index (κ2) is 8.05. The topological polar surface area (TPSA) is 26.3 Å². The molecule has 0 atom stereocenters. The fourth-order valence-corrected chi connectivity index (χ4v) is 3.61. The lowest BCUT2D eigenvalue weighted by molar-refractivity contribution is -0.114. The van der Waals surface area contributed by atoms with Gasteiger partial charge in [0.25, 0.3) is 0 Å². The summed E-state index contributed by atoms with van der Waals surface area (Å²) < 4.78 is 6.01. The standard InChI is InChI=1S/C25H22O2/c26-20(13-5-4-12-19-10-2-1-3-11-19)18-23-21-14-6-8-16-24(21)27-25-17-9-7-15-22(23)25/h1-3,5-11,13-17,23H,4,12,18H2. The number of ether oxygens (including phenoxy) is 1. The van der Waals surface area contributed by atoms with Crippen molar-refractivity contribution in [3.63, 3.8) is 0 Å². The molecule has 1 aliphatic rings. The Morgan fingerprint density at radius 3 is 2.07 bits per heavy atom. The van der Waals surface area contributed by atoms with Gasteiger partial charge in [-0.2, -0.15) is 0 Å². The highest BCUT2D eigenvalue weighted by Crippen LogP contribution is 2.45. The Morgan fingerprint density at radius 2 is 1.41 bits per heavy atom. The third-order valence-electron chi connectivity index (χ3n) is 4.96. The van der Waals surface area contributed by atoms with E-state index in [1.165, 1.54) is 5.56 Å². The Balaban J connectivity index is 1.46. The molecule has 2 nitrogen and oxygen atoms in total. The number of hydrogen-bond acceptors (Lipinski definition) is 2. The average Bonchev–Trinajstić information content (AvgIpc) is 2.72. The first-order valence-electron chi connectivity index (χ1n) is 9.40. The van der Waals surface area contributed by atoms with Crippen molar-refractivity contribution in [3.8, 4) is 11.5 Å². The second-order valence-corrected chi connectivity index (χ2v) is 6.83. The number of benzene rings is 3. The molecule has 2 heteroatoms. The van der Waals surface area contributed by atoms with Crippen molar-refractivity contribution >= 4 is 5.78 Å². The van der Waals surface area contributed by atoms with Gasteiger partial charge in [0.1, 0.15) is 11.5 Å². The molecule has 0 amide bonds. The molecule has 3 aromatic rings. The Morgan fingerprint density at radius 1 is 0.815 bits per heavy atom. The van der Waals surface area contributed by atoms with E-state index in [9.17, 15) is 4.79 Å². The maximum Gasteiger partial charge on any atom is 0.156 e. The molecule has 0 aromatic heterocycles. The average molecular weight is 354 g/mol. The van der Waals surface area contributed by atoms with E-state index in [1.807, 2.05) is 60.7 Å². The lowest BCUT2D eigenvalue weighted by Crippen LogP contribution is -2.13. The second-order valence-electron chi connectivity index (χ2n) is 6.83. The van der Waals surface area contributed by atoms with Crippen LogP contribution >= 0.6 is 0 Å². The minimum absolute atomic E-state index is 0.0393. The van der Waals surface area contributed by atoms with Crippen molar-refractivity contribution in [2.24, 2.45) is 0 Å². The molecule has 0 aliphatic carbocycles. The van der Waals surface area contributed by atoms with Gasteiger partial charge in [0.05, 0.1) is 0 Å². The molecule has 0 bridgehead atoms. The van der Waals surface area contributed by atoms with E-state index in [1.54, 1.807) is 6.08 Å². The van der Waals surface area contributed by atoms with Crippen LogP contribution in [0, 0.1) is 0 Å². The van der Waals surface area contributed by atoms with E-state index in [0.717, 1.165) is 35.5 Å². The summed E-state index contributed by atoms with van der Waals surface area (Å²) in [5, 5.41) is 0. The number of fused-ring (bicyclic) bond motifs is 2. The molecular formula is C25H22O2. The summed E-state index contributed by atoms with van der Waals surface area (Å²) in [6.07, 6.45) is 6.01. The van der Waals surface area contributed by atoms with E-state index in [4.69, 9.17) is 4.74 Å². The summed E-state index contributed by atoms with van der Waals surface area (Å²) in [5.74, 6) is 1.89. The predicted octanol–water partition coefficient (Wildman–Crippen LogP) is 6.07. The number of hydrogen-bond donors (Lipinski definition) is 0. The summed E-state index contributed by atoms with van der Waals surface area (Å²) in [6.45, 7) is 0. The number of rotatable bonds is 6. The molecule has 0 fully saturated rings. The Bertz CT molecular complexity index is 911. The smallest absolute Gasteiger partial charge is 0.156 e. The van der Waals surface area contributed by atoms with Crippen molar-refractivity contribution in [3.05, 3.63) is 108 Å². The van der Waals surface area contributed by atoms with E-state index < -0.39 is 0 Å². The van der Waals surface area contributed by atoms with E-state index in [0.29, 0.717) is 6.42 Å². The fraction of sp³-hybridized carbons (Fsp3) is 0.160. The van der Waals surface area contributed by atoms with Gasteiger partial charge in [0.2, 0.25) is 0 Å². The summed E-state index contributed by atoms with van der Waals surface area (Å²) in [6, 6.07) is 26.3. The first kappa shape index (κ1) is 17.3. The van der Waals surface area contributed by atoms with Crippen LogP contribution < -0.4 is 4.74 Å². The van der Waals surface area contributed by atoms with Crippen LogP contribution in [0.1, 0.15) is 35.4 Å². The Hall–Kier alpha value is -3.13. The molecule has 134 valence electrons. The molecule has 0 radical (unpaired) electrons. The van der Waals surface area contributed by atoms with Crippen LogP contribution in [0.25, 0.3) is 0 Å². The van der Waals surface area contributed by atoms with Gasteiger partial charge in [-0.15, -0.1) is 0 Å². The van der Waals surface area contributed by atoms with E-state index >= 15 is 0 Å². The zero-order chi connectivity index (χ0) is 18.5. The van der Waals surface area contributed by atoms with Crippen LogP contribution in [0.15, 0.2) is 91.0 Å². The van der Waals surface area contributed by atoms with E-state index in [-0.39, 0.29) is 11.7 Å². The van der Waals surface area contributed by atoms with Crippen LogP contribution in [0.3, 0.4) is 0 Å². The third kappa shape index (κ3) is 4.01. The zero-order valence-electron chi connectivity index (χ0n) is 15.2. The number of carbonyl (C=O) groups is 1. The molecule has 0 saturated heterocycles. The quantitative estimate of drug-likeness (QED) is 0.502. The fourth-order valence-electron chi connectivity index (χ4n) is 3.61. The molecule has 0 spiro atoms. The zero-order valence-corrected chi connectivity index (χ0v) is 15.2. The monoisotopic (exact) mass is 354 g/mol. The first-order valence-corrected chi connectivity index (χ1v) is 9.40. The maximum absolute atomic E-state index is 12.6. The number of para-hydroxylation sites is 2. The molecule has 0 saturated carbocycles. The molecule has 3 aromatic carbocycles. The molecule has 1 aliphatic heterocycles. The third-order valence-corrected chi connectivity index (χ3v) is 4.96. The number of aryl methyl sites for hydroxylation is 1. The lowest BCUT2D eigenvalue weighted by Gasteiger charge is -2.27. The number of carbonyl (C=O) groups excluding carboxylic acids is 1. The van der Waals surface area contributed by atoms with Gasteiger partial charge in [-0.05, 0) is 36.6 Å². The number of ketones is 1. The Labute approximate surface area is 160 Å². The summed E-state index contributed by atoms with van der Waals surface area (Å²) in [4.78, 5) is 12.6. The molecule has 1 heterocycles. The van der Waals surface area contributed by atoms with Gasteiger partial charge in [-0.1, -0.05) is 72.8 Å². The van der Waals surface area contributed by atoms with Crippen molar-refractivity contribution < 1.29 is 9.53 Å². The van der Waals surface area contributed by atoms with E-state index in [2.05, 4.69) is 24.3 Å². The van der Waals surface area contributed by atoms with Gasteiger partial charge < -0.3 is 4.74 Å². The minimum Gasteiger partial charge on any atom is -0.457 e. The molecule has 0 unspecified atom stereocenters. The van der Waals surface area contributed by atoms with Gasteiger partial charge in [0, 0.05) is 23.5 Å². The highest BCUT2D eigenvalue weighted by atomic mass is 16.5. The largest absolute Gasteiger partial charge is 0.457 e. The van der Waals surface area contributed by atoms with Crippen LogP contribution in [-0.4, -0.2) is 5.78 Å².